The Bertz CT molecular complexity index is 2240. The highest BCUT2D eigenvalue weighted by molar-refractivity contribution is 7.47. The molecule has 6 rings (SSSR count). The number of hydrogen-bond acceptors (Lipinski definition) is 19. The lowest BCUT2D eigenvalue weighted by molar-refractivity contribution is -0.753. The molecule has 3 aliphatic heterocycles. The van der Waals surface area contributed by atoms with Gasteiger partial charge in [-0.2, -0.15) is 0 Å². The van der Waals surface area contributed by atoms with Crippen molar-refractivity contribution in [2.75, 3.05) is 32.2 Å². The lowest BCUT2D eigenvalue weighted by Gasteiger charge is -2.22. The van der Waals surface area contributed by atoms with Crippen LogP contribution in [0, 0.1) is 5.92 Å². The molecule has 0 aliphatic carbocycles. The number of rotatable bonds is 16. The largest absolute Gasteiger partial charge is 0.472 e. The number of nitrogens with one attached hydrogen (secondary N) is 3. The first-order chi connectivity index (χ1) is 26.5. The van der Waals surface area contributed by atoms with Crippen LogP contribution in [0.15, 0.2) is 29.0 Å². The Balaban J connectivity index is 1.02. The van der Waals surface area contributed by atoms with E-state index in [-0.39, 0.29) is 28.9 Å². The molecule has 0 spiro atoms. The van der Waals surface area contributed by atoms with Crippen LogP contribution in [0.3, 0.4) is 0 Å². The lowest BCUT2D eigenvalue weighted by atomic mass is 10.0. The lowest BCUT2D eigenvalue weighted by Crippen LogP contribution is -2.46. The number of aryl methyl sites for hydroxylation is 1. The van der Waals surface area contributed by atoms with Gasteiger partial charge >= 0.3 is 34.9 Å². The molecule has 31 heteroatoms. The van der Waals surface area contributed by atoms with E-state index in [4.69, 9.17) is 39.0 Å². The third-order valence-corrected chi connectivity index (χ3v) is 11.4. The van der Waals surface area contributed by atoms with Crippen LogP contribution >= 0.6 is 23.5 Å². The van der Waals surface area contributed by atoms with Crippen molar-refractivity contribution in [2.24, 2.45) is 23.7 Å². The van der Waals surface area contributed by atoms with E-state index in [9.17, 15) is 53.4 Å². The fourth-order valence-electron chi connectivity index (χ4n) is 6.24. The summed E-state index contributed by atoms with van der Waals surface area (Å²) in [6.07, 6.45) is -8.61. The third kappa shape index (κ3) is 9.53. The van der Waals surface area contributed by atoms with E-state index in [1.54, 1.807) is 14.0 Å². The van der Waals surface area contributed by atoms with Crippen LogP contribution < -0.4 is 31.5 Å². The number of ether oxygens (including phenoxy) is 2. The van der Waals surface area contributed by atoms with E-state index in [1.807, 2.05) is 0 Å². The van der Waals surface area contributed by atoms with Gasteiger partial charge in [-0.3, -0.25) is 41.9 Å². The average molecular weight is 875 g/mol. The van der Waals surface area contributed by atoms with Gasteiger partial charge in [0.15, 0.2) is 24.6 Å². The van der Waals surface area contributed by atoms with Crippen LogP contribution in [-0.2, 0) is 52.8 Å². The van der Waals surface area contributed by atoms with E-state index in [0.717, 1.165) is 0 Å². The number of nitrogen functional groups attached to an aromatic ring is 1. The Labute approximate surface area is 319 Å². The van der Waals surface area contributed by atoms with Crippen molar-refractivity contribution in [3.8, 4) is 0 Å². The maximum absolute atomic E-state index is 12.8. The second-order valence-electron chi connectivity index (χ2n) is 13.0. The van der Waals surface area contributed by atoms with Crippen molar-refractivity contribution in [1.29, 1.82) is 0 Å². The smallest absolute Gasteiger partial charge is 0.390 e. The number of anilines is 1. The van der Waals surface area contributed by atoms with Gasteiger partial charge in [-0.05, 0) is 0 Å². The van der Waals surface area contributed by atoms with Gasteiger partial charge in [0, 0.05) is 5.92 Å². The molecule has 5 unspecified atom stereocenters. The number of aromatic nitrogens is 6. The first kappa shape index (κ1) is 43.1. The first-order valence-electron chi connectivity index (χ1n) is 16.6. The number of phosphoric ester groups is 3. The number of aliphatic hydroxyl groups excluding tert-OH is 3. The second-order valence-corrected chi connectivity index (χ2v) is 17.1. The Morgan fingerprint density at radius 1 is 0.947 bits per heavy atom. The van der Waals surface area contributed by atoms with Crippen LogP contribution in [0.2, 0.25) is 0 Å². The summed E-state index contributed by atoms with van der Waals surface area (Å²) in [5, 5.41) is 34.8. The molecule has 0 aromatic carbocycles. The number of aromatic amines is 2. The molecule has 57 heavy (non-hydrogen) atoms. The van der Waals surface area contributed by atoms with E-state index >= 15 is 0 Å². The molecule has 3 aliphatic rings. The minimum Gasteiger partial charge on any atom is -0.390 e. The molecule has 0 radical (unpaired) electrons. The molecular formula is C26H41N10O18P3+2. The summed E-state index contributed by atoms with van der Waals surface area (Å²) in [5.74, 6) is -0.687. The molecule has 0 amide bonds. The fraction of sp³-hybridized carbons (Fsp3) is 0.577. The molecule has 316 valence electrons. The summed E-state index contributed by atoms with van der Waals surface area (Å²) in [6.45, 7) is 1.45. The number of H-pyrrole nitrogens is 2. The Morgan fingerprint density at radius 3 is 2.16 bits per heavy atom. The Morgan fingerprint density at radius 2 is 1.54 bits per heavy atom. The van der Waals surface area contributed by atoms with Crippen molar-refractivity contribution in [3.05, 3.63) is 35.3 Å². The number of hydrogen-bond donors (Lipinski definition) is 12. The molecule has 28 nitrogen and oxygen atoms in total. The number of nitrogens with two attached hydrogens (primary N) is 2. The first-order valence-corrected chi connectivity index (χ1v) is 21.1. The fourth-order valence-corrected chi connectivity index (χ4v) is 8.28. The Kier molecular flexibility index (Phi) is 12.3. The van der Waals surface area contributed by atoms with E-state index in [1.165, 1.54) is 26.4 Å². The maximum Gasteiger partial charge on any atom is 0.472 e. The van der Waals surface area contributed by atoms with Gasteiger partial charge in [-0.1, -0.05) is 23.5 Å². The third-order valence-electron chi connectivity index (χ3n) is 8.92. The number of guanidine groups is 1. The summed E-state index contributed by atoms with van der Waals surface area (Å²) >= 11 is 0. The van der Waals surface area contributed by atoms with Gasteiger partial charge in [0.2, 0.25) is 11.7 Å². The highest BCUT2D eigenvalue weighted by Gasteiger charge is 2.49. The zero-order chi connectivity index (χ0) is 41.8. The minimum atomic E-state index is -5.37. The summed E-state index contributed by atoms with van der Waals surface area (Å²) < 4.78 is 76.7. The van der Waals surface area contributed by atoms with E-state index in [2.05, 4.69) is 36.4 Å². The van der Waals surface area contributed by atoms with Crippen LogP contribution in [0.4, 0.5) is 11.8 Å². The zero-order valence-corrected chi connectivity index (χ0v) is 32.4. The van der Waals surface area contributed by atoms with E-state index < -0.39 is 110 Å². The molecule has 3 aromatic rings. The van der Waals surface area contributed by atoms with Crippen LogP contribution in [0.1, 0.15) is 25.1 Å². The zero-order valence-electron chi connectivity index (χ0n) is 29.7. The molecule has 0 saturated carbocycles. The van der Waals surface area contributed by atoms with Gasteiger partial charge in [0.25, 0.3) is 17.5 Å². The highest BCUT2D eigenvalue weighted by atomic mass is 31.2. The number of imidazole rings is 2. The van der Waals surface area contributed by atoms with Gasteiger partial charge in [0.05, 0.1) is 45.3 Å². The summed E-state index contributed by atoms with van der Waals surface area (Å²) in [5.41, 5.74) is 11.9. The van der Waals surface area contributed by atoms with Crippen molar-refractivity contribution < 1.29 is 89.8 Å². The van der Waals surface area contributed by atoms with Gasteiger partial charge in [0.1, 0.15) is 30.5 Å². The van der Waals surface area contributed by atoms with Crippen LogP contribution in [0.5, 0.6) is 0 Å². The van der Waals surface area contributed by atoms with Crippen molar-refractivity contribution in [1.82, 2.24) is 24.8 Å². The minimum absolute atomic E-state index is 0.0159. The highest BCUT2D eigenvalue weighted by Crippen LogP contribution is 2.48. The predicted octanol–water partition coefficient (Wildman–Crippen LogP) is -3.77. The molecule has 2 fully saturated rings. The molecule has 3 aromatic heterocycles. The molecule has 6 heterocycles. The number of nitrogens with zero attached hydrogens (tertiary/aromatic N) is 5. The summed E-state index contributed by atoms with van der Waals surface area (Å²) in [7, 11) is -14.1. The molecule has 0 bridgehead atoms. The monoisotopic (exact) mass is 874 g/mol. The average Bonchev–Trinajstić information content (AvgIpc) is 3.83. The standard InChI is InChI=1S/C26H39N10O18P3/c1-10-17(37)13(52-23(10)36-9-34(3)16-21(36)32-26(28)33-22(16)40)6-50-56(44,45)48-4-12(54-55(41,42)43)5-49-57(46,47)51-7-14-18(38)19(39)24(53-14)35-8-29-15-11(2)30-25(27)31-20(15)35/h8-10,12-14,17-19,23-24,37-39H,2,4-7H2,1,3H3,(H9-,27,28,30,31,32,33,40,41,42,43,44,45,46,47)/p+2/t10-,12?,13-,14?,17+,18-,19-,23?,24-/m1/s1. The van der Waals surface area contributed by atoms with E-state index in [0.29, 0.717) is 11.4 Å². The Hall–Kier alpha value is -3.50. The maximum atomic E-state index is 12.8. The number of aliphatic imine (C=N–C) groups is 1. The topological polar surface area (TPSA) is 408 Å². The van der Waals surface area contributed by atoms with Crippen LogP contribution in [-0.4, -0.2) is 123 Å². The van der Waals surface area contributed by atoms with Gasteiger partial charge in [-0.15, -0.1) is 0 Å². The molecule has 2 saturated heterocycles. The van der Waals surface area contributed by atoms with Gasteiger partial charge in [-0.25, -0.2) is 22.8 Å². The predicted molar refractivity (Wildman–Crippen MR) is 186 cm³/mol. The molecular weight excluding hydrogens is 833 g/mol. The quantitative estimate of drug-likeness (QED) is 0.0485. The van der Waals surface area contributed by atoms with Gasteiger partial charge < -0.3 is 61.2 Å². The number of aliphatic hydroxyl groups is 3. The van der Waals surface area contributed by atoms with Crippen molar-refractivity contribution in [3.63, 3.8) is 0 Å². The van der Waals surface area contributed by atoms with Crippen LogP contribution in [0.25, 0.3) is 16.9 Å². The summed E-state index contributed by atoms with van der Waals surface area (Å²) in [6, 6.07) is 0. The normalized spacial score (nSPS) is 29.1. The number of fused-ring (bicyclic) bond motifs is 2. The van der Waals surface area contributed by atoms with Crippen molar-refractivity contribution in [2.45, 2.75) is 56.0 Å². The summed E-state index contributed by atoms with van der Waals surface area (Å²) in [4.78, 5) is 65.2. The van der Waals surface area contributed by atoms with Crippen molar-refractivity contribution >= 4 is 58.1 Å². The molecule has 11 atom stereocenters. The number of phosphoric acid groups is 3. The molecule has 14 N–H and O–H groups in total. The SMILES string of the molecule is C=C1NC(N)=Nc2c1[nH]c[n+]2[C@@H]1OC(COP(=O)(O)OCC(COP(=O)(O)OC[C@H]2OC([n+]3cn(C)c4c(=O)[nH]c(N)nc43)[C@H](C)[C@@H]2O)OP(=O)(O)O)[C@@H](O)[C@H]1O. The second kappa shape index (κ2) is 16.3.